The van der Waals surface area contributed by atoms with Gasteiger partial charge in [0.2, 0.25) is 0 Å². The zero-order chi connectivity index (χ0) is 15.1. The molecular formula is C15H16BrF3O2. The van der Waals surface area contributed by atoms with E-state index in [9.17, 15) is 13.2 Å². The summed E-state index contributed by atoms with van der Waals surface area (Å²) < 4.78 is 47.2. The fourth-order valence-corrected chi connectivity index (χ4v) is 4.53. The maximum absolute atomic E-state index is 12.4. The van der Waals surface area contributed by atoms with Crippen LogP contribution in [0.5, 0.6) is 11.5 Å². The largest absolute Gasteiger partial charge is 0.573 e. The second-order valence-electron chi connectivity index (χ2n) is 5.74. The third-order valence-electron chi connectivity index (χ3n) is 4.56. The molecular weight excluding hydrogens is 349 g/mol. The van der Waals surface area contributed by atoms with E-state index in [1.54, 1.807) is 6.07 Å². The van der Waals surface area contributed by atoms with Crippen molar-refractivity contribution in [3.05, 3.63) is 24.3 Å². The Balaban J connectivity index is 1.76. The molecule has 2 unspecified atom stereocenters. The molecule has 2 saturated carbocycles. The zero-order valence-corrected chi connectivity index (χ0v) is 12.9. The van der Waals surface area contributed by atoms with Crippen LogP contribution in [0.2, 0.25) is 0 Å². The Labute approximate surface area is 129 Å². The summed E-state index contributed by atoms with van der Waals surface area (Å²) in [6.07, 6.45) is 0.516. The number of benzene rings is 1. The Bertz CT molecular complexity index is 512. The van der Waals surface area contributed by atoms with Gasteiger partial charge in [-0.25, -0.2) is 0 Å². The summed E-state index contributed by atoms with van der Waals surface area (Å²) in [6.45, 7) is 0. The molecule has 2 atom stereocenters. The molecule has 2 fully saturated rings. The molecule has 0 amide bonds. The van der Waals surface area contributed by atoms with Gasteiger partial charge in [-0.1, -0.05) is 40.9 Å². The van der Waals surface area contributed by atoms with Crippen LogP contribution in [0.25, 0.3) is 0 Å². The summed E-state index contributed by atoms with van der Waals surface area (Å²) in [7, 11) is 0. The van der Waals surface area contributed by atoms with Crippen LogP contribution in [-0.4, -0.2) is 17.3 Å². The van der Waals surface area contributed by atoms with E-state index in [1.165, 1.54) is 18.2 Å². The van der Waals surface area contributed by atoms with Gasteiger partial charge in [0.15, 0.2) is 11.5 Å². The SMILES string of the molecule is FC(F)(F)Oc1ccccc1OC1CC(Br)C12CCCC2. The van der Waals surface area contributed by atoms with Crippen molar-refractivity contribution >= 4 is 15.9 Å². The third kappa shape index (κ3) is 2.87. The normalized spacial score (nSPS) is 27.4. The summed E-state index contributed by atoms with van der Waals surface area (Å²) in [5, 5.41) is 0. The highest BCUT2D eigenvalue weighted by atomic mass is 79.9. The average Bonchev–Trinajstić information content (AvgIpc) is 2.91. The van der Waals surface area contributed by atoms with Crippen LogP contribution >= 0.6 is 15.9 Å². The Kier molecular flexibility index (Phi) is 3.84. The van der Waals surface area contributed by atoms with E-state index in [4.69, 9.17) is 4.74 Å². The summed E-state index contributed by atoms with van der Waals surface area (Å²) in [5.41, 5.74) is 0.0747. The molecule has 1 aromatic carbocycles. The summed E-state index contributed by atoms with van der Waals surface area (Å²) in [4.78, 5) is 0.396. The number of halogens is 4. The minimum absolute atomic E-state index is 0.0395. The minimum Gasteiger partial charge on any atom is -0.486 e. The van der Waals surface area contributed by atoms with Crippen LogP contribution in [0.1, 0.15) is 32.1 Å². The second-order valence-corrected chi connectivity index (χ2v) is 6.85. The Morgan fingerprint density at radius 3 is 2.29 bits per heavy atom. The average molecular weight is 365 g/mol. The molecule has 21 heavy (non-hydrogen) atoms. The molecule has 0 N–H and O–H groups in total. The van der Waals surface area contributed by atoms with Gasteiger partial charge in [0.05, 0.1) is 0 Å². The van der Waals surface area contributed by atoms with E-state index in [0.717, 1.165) is 32.1 Å². The number of ether oxygens (including phenoxy) is 2. The molecule has 2 aliphatic rings. The Morgan fingerprint density at radius 1 is 1.10 bits per heavy atom. The minimum atomic E-state index is -4.71. The highest BCUT2D eigenvalue weighted by molar-refractivity contribution is 9.09. The smallest absolute Gasteiger partial charge is 0.486 e. The fourth-order valence-electron chi connectivity index (χ4n) is 3.44. The van der Waals surface area contributed by atoms with E-state index in [-0.39, 0.29) is 23.0 Å². The molecule has 6 heteroatoms. The van der Waals surface area contributed by atoms with Crippen molar-refractivity contribution < 1.29 is 22.6 Å². The summed E-state index contributed by atoms with van der Waals surface area (Å²) >= 11 is 3.67. The molecule has 0 aliphatic heterocycles. The number of alkyl halides is 4. The molecule has 116 valence electrons. The molecule has 1 aromatic rings. The number of para-hydroxylation sites is 2. The predicted octanol–water partition coefficient (Wildman–Crippen LogP) is 5.06. The molecule has 2 aliphatic carbocycles. The van der Waals surface area contributed by atoms with E-state index < -0.39 is 6.36 Å². The maximum Gasteiger partial charge on any atom is 0.573 e. The monoisotopic (exact) mass is 364 g/mol. The van der Waals surface area contributed by atoms with Crippen LogP contribution in [-0.2, 0) is 0 Å². The lowest BCUT2D eigenvalue weighted by Crippen LogP contribution is -2.55. The third-order valence-corrected chi connectivity index (χ3v) is 5.85. The van der Waals surface area contributed by atoms with E-state index >= 15 is 0 Å². The van der Waals surface area contributed by atoms with Gasteiger partial charge in [0.1, 0.15) is 6.10 Å². The van der Waals surface area contributed by atoms with Crippen molar-refractivity contribution in [3.8, 4) is 11.5 Å². The van der Waals surface area contributed by atoms with Crippen molar-refractivity contribution in [2.24, 2.45) is 5.41 Å². The van der Waals surface area contributed by atoms with Gasteiger partial charge >= 0.3 is 6.36 Å². The van der Waals surface area contributed by atoms with Crippen molar-refractivity contribution in [3.63, 3.8) is 0 Å². The zero-order valence-electron chi connectivity index (χ0n) is 11.3. The highest BCUT2D eigenvalue weighted by Gasteiger charge is 2.56. The standard InChI is InChI=1S/C15H16BrF3O2/c16-12-9-13(14(12)7-3-4-8-14)20-10-5-1-2-6-11(10)21-15(17,18)19/h1-2,5-6,12-13H,3-4,7-9H2. The lowest BCUT2D eigenvalue weighted by atomic mass is 9.64. The van der Waals surface area contributed by atoms with Crippen LogP contribution in [0, 0.1) is 5.41 Å². The fraction of sp³-hybridized carbons (Fsp3) is 0.600. The first-order chi connectivity index (χ1) is 9.91. The van der Waals surface area contributed by atoms with Crippen LogP contribution in [0.15, 0.2) is 24.3 Å². The molecule has 0 radical (unpaired) electrons. The Morgan fingerprint density at radius 2 is 1.71 bits per heavy atom. The number of hydrogen-bond donors (Lipinski definition) is 0. The van der Waals surface area contributed by atoms with Gasteiger partial charge in [-0.05, 0) is 31.4 Å². The van der Waals surface area contributed by atoms with Crippen LogP contribution < -0.4 is 9.47 Å². The van der Waals surface area contributed by atoms with Crippen molar-refractivity contribution in [2.45, 2.75) is 49.4 Å². The van der Waals surface area contributed by atoms with E-state index in [2.05, 4.69) is 20.7 Å². The second kappa shape index (κ2) is 5.38. The lowest BCUT2D eigenvalue weighted by Gasteiger charge is -2.51. The topological polar surface area (TPSA) is 18.5 Å². The van der Waals surface area contributed by atoms with Crippen molar-refractivity contribution in [1.29, 1.82) is 0 Å². The summed E-state index contributed by atoms with van der Waals surface area (Å²) in [6, 6.07) is 5.98. The van der Waals surface area contributed by atoms with E-state index in [0.29, 0.717) is 4.83 Å². The Hall–Kier alpha value is -0.910. The maximum atomic E-state index is 12.4. The number of rotatable bonds is 3. The van der Waals surface area contributed by atoms with E-state index in [1.807, 2.05) is 0 Å². The molecule has 1 spiro atoms. The molecule has 0 heterocycles. The molecule has 2 nitrogen and oxygen atoms in total. The van der Waals surface area contributed by atoms with Gasteiger partial charge in [-0.15, -0.1) is 13.2 Å². The number of hydrogen-bond acceptors (Lipinski definition) is 2. The first-order valence-corrected chi connectivity index (χ1v) is 7.98. The molecule has 0 saturated heterocycles. The van der Waals surface area contributed by atoms with Crippen LogP contribution in [0.4, 0.5) is 13.2 Å². The first kappa shape index (κ1) is 15.0. The molecule has 0 bridgehead atoms. The van der Waals surface area contributed by atoms with Gasteiger partial charge in [0.25, 0.3) is 0 Å². The van der Waals surface area contributed by atoms with Gasteiger partial charge in [-0.3, -0.25) is 0 Å². The molecule has 0 aromatic heterocycles. The first-order valence-electron chi connectivity index (χ1n) is 7.06. The predicted molar refractivity (Wildman–Crippen MR) is 75.8 cm³/mol. The van der Waals surface area contributed by atoms with Gasteiger partial charge < -0.3 is 9.47 Å². The highest BCUT2D eigenvalue weighted by Crippen LogP contribution is 2.58. The van der Waals surface area contributed by atoms with Crippen molar-refractivity contribution in [1.82, 2.24) is 0 Å². The lowest BCUT2D eigenvalue weighted by molar-refractivity contribution is -0.275. The summed E-state index contributed by atoms with van der Waals surface area (Å²) in [5.74, 6) is -0.0957. The molecule has 3 rings (SSSR count). The van der Waals surface area contributed by atoms with Crippen molar-refractivity contribution in [2.75, 3.05) is 0 Å². The quantitative estimate of drug-likeness (QED) is 0.697. The van der Waals surface area contributed by atoms with Crippen LogP contribution in [0.3, 0.4) is 0 Å². The van der Waals surface area contributed by atoms with Gasteiger partial charge in [-0.2, -0.15) is 0 Å². The van der Waals surface area contributed by atoms with Gasteiger partial charge in [0, 0.05) is 10.2 Å².